The van der Waals surface area contributed by atoms with Gasteiger partial charge in [0, 0.05) is 6.54 Å². The number of anilines is 1. The second-order valence-corrected chi connectivity index (χ2v) is 9.43. The summed E-state index contributed by atoms with van der Waals surface area (Å²) in [6, 6.07) is 29.3. The minimum atomic E-state index is -3.91. The number of hydrogen-bond acceptors (Lipinski definition) is 3. The highest BCUT2D eigenvalue weighted by Crippen LogP contribution is 2.26. The first-order valence-corrected chi connectivity index (χ1v) is 11.8. The molecule has 5 nitrogen and oxygen atoms in total. The maximum atomic E-state index is 13.4. The van der Waals surface area contributed by atoms with Gasteiger partial charge >= 0.3 is 0 Å². The molecule has 0 bridgehead atoms. The van der Waals surface area contributed by atoms with Crippen molar-refractivity contribution < 1.29 is 13.2 Å². The molecular formula is C26H24N2O3S. The SMILES string of the molecule is Cc1ccccc1N(CC(=O)NCc1ccc2ccccc2c1)S(=O)(=O)c1ccccc1. The topological polar surface area (TPSA) is 66.5 Å². The molecule has 0 heterocycles. The van der Waals surface area contributed by atoms with E-state index in [4.69, 9.17) is 0 Å². The van der Waals surface area contributed by atoms with Crippen LogP contribution in [0, 0.1) is 6.92 Å². The average molecular weight is 445 g/mol. The zero-order chi connectivity index (χ0) is 22.6. The Morgan fingerprint density at radius 3 is 2.22 bits per heavy atom. The number of benzene rings is 4. The van der Waals surface area contributed by atoms with Gasteiger partial charge in [-0.2, -0.15) is 0 Å². The van der Waals surface area contributed by atoms with Gasteiger partial charge in [-0.1, -0.05) is 72.8 Å². The van der Waals surface area contributed by atoms with Crippen LogP contribution in [0.3, 0.4) is 0 Å². The standard InChI is InChI=1S/C26H24N2O3S/c1-20-9-5-8-14-25(20)28(32(30,31)24-12-3-2-4-13-24)19-26(29)27-18-21-15-16-22-10-6-7-11-23(22)17-21/h2-17H,18-19H2,1H3,(H,27,29). The minimum absolute atomic E-state index is 0.144. The van der Waals surface area contributed by atoms with Crippen molar-refractivity contribution in [2.45, 2.75) is 18.4 Å². The van der Waals surface area contributed by atoms with Crippen LogP contribution in [0.5, 0.6) is 0 Å². The van der Waals surface area contributed by atoms with Gasteiger partial charge in [-0.15, -0.1) is 0 Å². The van der Waals surface area contributed by atoms with Gasteiger partial charge in [0.05, 0.1) is 10.6 Å². The molecule has 4 aromatic rings. The Hall–Kier alpha value is -3.64. The number of nitrogens with one attached hydrogen (secondary N) is 1. The number of aryl methyl sites for hydroxylation is 1. The van der Waals surface area contributed by atoms with E-state index in [1.807, 2.05) is 61.5 Å². The third-order valence-electron chi connectivity index (χ3n) is 5.31. The number of para-hydroxylation sites is 1. The van der Waals surface area contributed by atoms with Gasteiger partial charge in [-0.25, -0.2) is 8.42 Å². The highest BCUT2D eigenvalue weighted by molar-refractivity contribution is 7.92. The van der Waals surface area contributed by atoms with Gasteiger partial charge in [-0.05, 0) is 53.1 Å². The van der Waals surface area contributed by atoms with Gasteiger partial charge in [-0.3, -0.25) is 9.10 Å². The fraction of sp³-hybridized carbons (Fsp3) is 0.115. The van der Waals surface area contributed by atoms with Crippen molar-refractivity contribution in [3.8, 4) is 0 Å². The molecule has 0 atom stereocenters. The van der Waals surface area contributed by atoms with E-state index in [9.17, 15) is 13.2 Å². The zero-order valence-corrected chi connectivity index (χ0v) is 18.5. The molecule has 0 fully saturated rings. The van der Waals surface area contributed by atoms with Crippen LogP contribution in [0.2, 0.25) is 0 Å². The number of hydrogen-bond donors (Lipinski definition) is 1. The van der Waals surface area contributed by atoms with Gasteiger partial charge < -0.3 is 5.32 Å². The second kappa shape index (κ2) is 9.24. The fourth-order valence-electron chi connectivity index (χ4n) is 3.60. The summed E-state index contributed by atoms with van der Waals surface area (Å²) in [7, 11) is -3.91. The average Bonchev–Trinajstić information content (AvgIpc) is 2.82. The van der Waals surface area contributed by atoms with E-state index in [-0.39, 0.29) is 17.3 Å². The number of sulfonamides is 1. The van der Waals surface area contributed by atoms with Crippen molar-refractivity contribution in [3.63, 3.8) is 0 Å². The summed E-state index contributed by atoms with van der Waals surface area (Å²) in [6.45, 7) is 1.84. The molecule has 1 N–H and O–H groups in total. The first-order valence-electron chi connectivity index (χ1n) is 10.3. The molecule has 6 heteroatoms. The van der Waals surface area contributed by atoms with E-state index < -0.39 is 10.0 Å². The Bertz CT molecular complexity index is 1350. The Labute approximate surface area is 188 Å². The maximum Gasteiger partial charge on any atom is 0.264 e. The van der Waals surface area contributed by atoms with Crippen LogP contribution in [0.25, 0.3) is 10.8 Å². The Kier molecular flexibility index (Phi) is 6.23. The summed E-state index contributed by atoms with van der Waals surface area (Å²) in [5.41, 5.74) is 2.21. The third-order valence-corrected chi connectivity index (χ3v) is 7.08. The smallest absolute Gasteiger partial charge is 0.264 e. The number of rotatable bonds is 7. The van der Waals surface area contributed by atoms with Crippen LogP contribution in [0.15, 0.2) is 102 Å². The first kappa shape index (κ1) is 21.6. The van der Waals surface area contributed by atoms with Crippen molar-refractivity contribution >= 4 is 32.4 Å². The predicted octanol–water partition coefficient (Wildman–Crippen LogP) is 4.66. The lowest BCUT2D eigenvalue weighted by Gasteiger charge is -2.25. The summed E-state index contributed by atoms with van der Waals surface area (Å²) in [4.78, 5) is 13.0. The van der Waals surface area contributed by atoms with Crippen molar-refractivity contribution in [2.75, 3.05) is 10.8 Å². The van der Waals surface area contributed by atoms with Crippen LogP contribution >= 0.6 is 0 Å². The molecule has 0 aliphatic carbocycles. The van der Waals surface area contributed by atoms with Crippen molar-refractivity contribution in [3.05, 3.63) is 108 Å². The number of fused-ring (bicyclic) bond motifs is 1. The van der Waals surface area contributed by atoms with E-state index in [0.717, 1.165) is 21.9 Å². The van der Waals surface area contributed by atoms with Crippen LogP contribution in [-0.4, -0.2) is 20.9 Å². The molecule has 0 aromatic heterocycles. The molecule has 0 saturated heterocycles. The van der Waals surface area contributed by atoms with Gasteiger partial charge in [0.2, 0.25) is 5.91 Å². The van der Waals surface area contributed by atoms with Gasteiger partial charge in [0.1, 0.15) is 6.54 Å². The maximum absolute atomic E-state index is 13.4. The molecule has 0 aliphatic heterocycles. The van der Waals surface area contributed by atoms with Crippen LogP contribution in [-0.2, 0) is 21.4 Å². The third kappa shape index (κ3) is 4.65. The lowest BCUT2D eigenvalue weighted by atomic mass is 10.1. The predicted molar refractivity (Wildman–Crippen MR) is 128 cm³/mol. The molecule has 162 valence electrons. The van der Waals surface area contributed by atoms with Crippen LogP contribution in [0.1, 0.15) is 11.1 Å². The summed E-state index contributed by atoms with van der Waals surface area (Å²) in [6.07, 6.45) is 0. The number of amides is 1. The quantitative estimate of drug-likeness (QED) is 0.451. The summed E-state index contributed by atoms with van der Waals surface area (Å²) < 4.78 is 27.9. The summed E-state index contributed by atoms with van der Waals surface area (Å²) in [5, 5.41) is 5.08. The highest BCUT2D eigenvalue weighted by atomic mass is 32.2. The number of carbonyl (C=O) groups is 1. The molecule has 4 rings (SSSR count). The monoisotopic (exact) mass is 444 g/mol. The van der Waals surface area contributed by atoms with Crippen LogP contribution < -0.4 is 9.62 Å². The van der Waals surface area contributed by atoms with Crippen molar-refractivity contribution in [1.29, 1.82) is 0 Å². The molecule has 1 amide bonds. The molecule has 0 unspecified atom stereocenters. The molecule has 0 spiro atoms. The normalized spacial score (nSPS) is 11.3. The molecule has 0 aliphatic rings. The van der Waals surface area contributed by atoms with Crippen molar-refractivity contribution in [2.24, 2.45) is 0 Å². The van der Waals surface area contributed by atoms with E-state index in [2.05, 4.69) is 5.32 Å². The first-order chi connectivity index (χ1) is 15.4. The van der Waals surface area contributed by atoms with Crippen molar-refractivity contribution in [1.82, 2.24) is 5.32 Å². The van der Waals surface area contributed by atoms with E-state index >= 15 is 0 Å². The van der Waals surface area contributed by atoms with Gasteiger partial charge in [0.15, 0.2) is 0 Å². The Balaban J connectivity index is 1.56. The van der Waals surface area contributed by atoms with E-state index in [0.29, 0.717) is 12.2 Å². The lowest BCUT2D eigenvalue weighted by molar-refractivity contribution is -0.119. The van der Waals surface area contributed by atoms with E-state index in [1.54, 1.807) is 30.3 Å². The Morgan fingerprint density at radius 2 is 1.47 bits per heavy atom. The lowest BCUT2D eigenvalue weighted by Crippen LogP contribution is -2.41. The molecular weight excluding hydrogens is 420 g/mol. The number of nitrogens with zero attached hydrogens (tertiary/aromatic N) is 1. The number of carbonyl (C=O) groups excluding carboxylic acids is 1. The van der Waals surface area contributed by atoms with E-state index in [1.165, 1.54) is 16.4 Å². The Morgan fingerprint density at radius 1 is 0.812 bits per heavy atom. The summed E-state index contributed by atoms with van der Waals surface area (Å²) in [5.74, 6) is -0.374. The zero-order valence-electron chi connectivity index (χ0n) is 17.7. The summed E-state index contributed by atoms with van der Waals surface area (Å²) >= 11 is 0. The highest BCUT2D eigenvalue weighted by Gasteiger charge is 2.27. The molecule has 4 aromatic carbocycles. The fourth-order valence-corrected chi connectivity index (χ4v) is 5.10. The molecule has 0 radical (unpaired) electrons. The van der Waals surface area contributed by atoms with Crippen LogP contribution in [0.4, 0.5) is 5.69 Å². The molecule has 32 heavy (non-hydrogen) atoms. The second-order valence-electron chi connectivity index (χ2n) is 7.57. The minimum Gasteiger partial charge on any atom is -0.350 e. The van der Waals surface area contributed by atoms with Gasteiger partial charge in [0.25, 0.3) is 10.0 Å². The largest absolute Gasteiger partial charge is 0.350 e. The molecule has 0 saturated carbocycles.